The first-order valence-corrected chi connectivity index (χ1v) is 9.16. The van der Waals surface area contributed by atoms with Crippen LogP contribution in [0, 0.1) is 27.7 Å². The molecule has 0 spiro atoms. The molecule has 4 nitrogen and oxygen atoms in total. The van der Waals surface area contributed by atoms with Gasteiger partial charge in [-0.3, -0.25) is 0 Å². The lowest BCUT2D eigenvalue weighted by atomic mass is 10.1. The van der Waals surface area contributed by atoms with Gasteiger partial charge in [-0.05, 0) is 71.7 Å². The minimum atomic E-state index is 0.869. The van der Waals surface area contributed by atoms with E-state index >= 15 is 0 Å². The minimum absolute atomic E-state index is 0.869. The number of fused-ring (bicyclic) bond motifs is 5. The summed E-state index contributed by atoms with van der Waals surface area (Å²) in [6.07, 6.45) is 0. The molecule has 0 aliphatic carbocycles. The number of nitrogens with zero attached hydrogens (tertiary/aromatic N) is 4. The van der Waals surface area contributed by atoms with Crippen LogP contribution in [0.4, 0.5) is 0 Å². The summed E-state index contributed by atoms with van der Waals surface area (Å²) < 4.78 is 1.84. The maximum atomic E-state index is 4.79. The lowest BCUT2D eigenvalue weighted by Crippen LogP contribution is -1.98. The Kier molecular flexibility index (Phi) is 3.58. The van der Waals surface area contributed by atoms with Crippen molar-refractivity contribution in [3.63, 3.8) is 0 Å². The molecule has 120 valence electrons. The largest absolute Gasteiger partial charge is 0.249 e. The quantitative estimate of drug-likeness (QED) is 0.336. The average molecular weight is 446 g/mol. The third-order valence-electron chi connectivity index (χ3n) is 4.41. The van der Waals surface area contributed by atoms with Crippen LogP contribution in [0.15, 0.2) is 21.1 Å². The van der Waals surface area contributed by atoms with Crippen LogP contribution in [0.25, 0.3) is 32.8 Å². The van der Waals surface area contributed by atoms with Crippen LogP contribution in [0.1, 0.15) is 22.8 Å². The van der Waals surface area contributed by atoms with Gasteiger partial charge in [-0.1, -0.05) is 0 Å². The number of halogens is 2. The highest BCUT2D eigenvalue weighted by molar-refractivity contribution is 9.11. The molecule has 0 atom stereocenters. The average Bonchev–Trinajstić information content (AvgIpc) is 2.53. The molecule has 0 aliphatic heterocycles. The lowest BCUT2D eigenvalue weighted by Gasteiger charge is -2.12. The molecule has 2 heterocycles. The van der Waals surface area contributed by atoms with Crippen molar-refractivity contribution in [1.82, 2.24) is 19.9 Å². The van der Waals surface area contributed by atoms with E-state index in [0.29, 0.717) is 0 Å². The molecule has 24 heavy (non-hydrogen) atoms. The first-order chi connectivity index (χ1) is 11.4. The highest BCUT2D eigenvalue weighted by Gasteiger charge is 2.16. The summed E-state index contributed by atoms with van der Waals surface area (Å²) in [5, 5.41) is 2.06. The van der Waals surface area contributed by atoms with Gasteiger partial charge < -0.3 is 0 Å². The van der Waals surface area contributed by atoms with Crippen LogP contribution in [-0.4, -0.2) is 19.9 Å². The molecule has 4 aromatic rings. The predicted octanol–water partition coefficient (Wildman–Crippen LogP) is 5.48. The summed E-state index contributed by atoms with van der Waals surface area (Å²) in [5.74, 6) is 0. The first-order valence-electron chi connectivity index (χ1n) is 7.57. The van der Waals surface area contributed by atoms with Gasteiger partial charge in [0.2, 0.25) is 0 Å². The third kappa shape index (κ3) is 2.24. The number of hydrogen-bond acceptors (Lipinski definition) is 4. The van der Waals surface area contributed by atoms with Crippen molar-refractivity contribution < 1.29 is 0 Å². The molecule has 4 rings (SSSR count). The molecular weight excluding hydrogens is 432 g/mol. The molecule has 0 saturated heterocycles. The standard InChI is InChI=1S/C18H14Br2N4/c1-7-9(3)23-17-13(19)6-12-11(15(17)21-7)5-14(20)18-16(12)22-8(2)10(4)24-18/h5-6H,1-4H3. The summed E-state index contributed by atoms with van der Waals surface area (Å²) in [5.41, 5.74) is 7.24. The summed E-state index contributed by atoms with van der Waals surface area (Å²) in [6.45, 7) is 7.93. The second-order valence-corrected chi connectivity index (χ2v) is 7.70. The Morgan fingerprint density at radius 2 is 0.833 bits per heavy atom. The van der Waals surface area contributed by atoms with Crippen LogP contribution < -0.4 is 0 Å². The van der Waals surface area contributed by atoms with Gasteiger partial charge in [-0.2, -0.15) is 0 Å². The van der Waals surface area contributed by atoms with Crippen molar-refractivity contribution in [2.45, 2.75) is 27.7 Å². The smallest absolute Gasteiger partial charge is 0.104 e. The minimum Gasteiger partial charge on any atom is -0.249 e. The van der Waals surface area contributed by atoms with E-state index in [2.05, 4.69) is 44.0 Å². The van der Waals surface area contributed by atoms with Gasteiger partial charge in [0.05, 0.1) is 33.8 Å². The summed E-state index contributed by atoms with van der Waals surface area (Å²) >= 11 is 7.30. The topological polar surface area (TPSA) is 51.6 Å². The molecule has 0 unspecified atom stereocenters. The van der Waals surface area contributed by atoms with Crippen LogP contribution in [-0.2, 0) is 0 Å². The van der Waals surface area contributed by atoms with Gasteiger partial charge in [-0.25, -0.2) is 19.9 Å². The summed E-state index contributed by atoms with van der Waals surface area (Å²) in [6, 6.07) is 4.14. The lowest BCUT2D eigenvalue weighted by molar-refractivity contribution is 1.10. The van der Waals surface area contributed by atoms with Gasteiger partial charge in [0.25, 0.3) is 0 Å². The van der Waals surface area contributed by atoms with Crippen molar-refractivity contribution in [2.24, 2.45) is 0 Å². The maximum absolute atomic E-state index is 4.79. The van der Waals surface area contributed by atoms with Crippen molar-refractivity contribution in [3.05, 3.63) is 43.9 Å². The second-order valence-electron chi connectivity index (χ2n) is 6.00. The maximum Gasteiger partial charge on any atom is 0.104 e. The van der Waals surface area contributed by atoms with Gasteiger partial charge in [0, 0.05) is 19.7 Å². The molecular formula is C18H14Br2N4. The van der Waals surface area contributed by atoms with Gasteiger partial charge in [0.1, 0.15) is 11.0 Å². The zero-order valence-electron chi connectivity index (χ0n) is 13.7. The van der Waals surface area contributed by atoms with E-state index in [1.807, 2.05) is 27.7 Å². The zero-order chi connectivity index (χ0) is 17.2. The highest BCUT2D eigenvalue weighted by atomic mass is 79.9. The molecule has 0 amide bonds. The van der Waals surface area contributed by atoms with E-state index in [1.54, 1.807) is 0 Å². The highest BCUT2D eigenvalue weighted by Crippen LogP contribution is 2.36. The van der Waals surface area contributed by atoms with E-state index in [4.69, 9.17) is 19.9 Å². The Bertz CT molecular complexity index is 1080. The first kappa shape index (κ1) is 15.8. The Hall–Kier alpha value is -1.66. The Labute approximate surface area is 156 Å². The van der Waals surface area contributed by atoms with Gasteiger partial charge in [0.15, 0.2) is 0 Å². The molecule has 0 aliphatic rings. The predicted molar refractivity (Wildman–Crippen MR) is 104 cm³/mol. The van der Waals surface area contributed by atoms with E-state index in [-0.39, 0.29) is 0 Å². The molecule has 0 saturated carbocycles. The van der Waals surface area contributed by atoms with Gasteiger partial charge in [-0.15, -0.1) is 0 Å². The number of aryl methyl sites for hydroxylation is 4. The molecule has 2 aromatic heterocycles. The second kappa shape index (κ2) is 5.43. The number of hydrogen-bond donors (Lipinski definition) is 0. The van der Waals surface area contributed by atoms with Crippen molar-refractivity contribution in [3.8, 4) is 0 Å². The van der Waals surface area contributed by atoms with E-state index in [0.717, 1.165) is 64.6 Å². The van der Waals surface area contributed by atoms with Crippen LogP contribution in [0.3, 0.4) is 0 Å². The fourth-order valence-corrected chi connectivity index (χ4v) is 3.86. The van der Waals surface area contributed by atoms with Crippen molar-refractivity contribution >= 4 is 64.7 Å². The number of benzene rings is 2. The SMILES string of the molecule is Cc1nc2c(Br)cc3c(cc(Br)c4nc(C)c(C)nc43)c2nc1C. The molecule has 2 aromatic carbocycles. The van der Waals surface area contributed by atoms with Crippen LogP contribution in [0.5, 0.6) is 0 Å². The molecule has 0 fully saturated rings. The van der Waals surface area contributed by atoms with Crippen LogP contribution in [0.2, 0.25) is 0 Å². The van der Waals surface area contributed by atoms with E-state index in [1.165, 1.54) is 0 Å². The van der Waals surface area contributed by atoms with Crippen LogP contribution >= 0.6 is 31.9 Å². The molecule has 6 heteroatoms. The number of rotatable bonds is 0. The van der Waals surface area contributed by atoms with Gasteiger partial charge >= 0.3 is 0 Å². The summed E-state index contributed by atoms with van der Waals surface area (Å²) in [7, 11) is 0. The Morgan fingerprint density at radius 3 is 1.17 bits per heavy atom. The third-order valence-corrected chi connectivity index (χ3v) is 5.62. The van der Waals surface area contributed by atoms with Crippen molar-refractivity contribution in [2.75, 3.05) is 0 Å². The monoisotopic (exact) mass is 444 g/mol. The molecule has 0 bridgehead atoms. The molecule has 0 radical (unpaired) electrons. The van der Waals surface area contributed by atoms with E-state index < -0.39 is 0 Å². The normalized spacial score (nSPS) is 11.8. The Morgan fingerprint density at radius 1 is 0.542 bits per heavy atom. The molecule has 0 N–H and O–H groups in total. The van der Waals surface area contributed by atoms with Crippen molar-refractivity contribution in [1.29, 1.82) is 0 Å². The number of aromatic nitrogens is 4. The zero-order valence-corrected chi connectivity index (χ0v) is 16.9. The fourth-order valence-electron chi connectivity index (χ4n) is 2.85. The summed E-state index contributed by atoms with van der Waals surface area (Å²) in [4.78, 5) is 19.0. The fraction of sp³-hybridized carbons (Fsp3) is 0.222. The Balaban J connectivity index is 2.31. The van der Waals surface area contributed by atoms with E-state index in [9.17, 15) is 0 Å².